The molecule has 2 atom stereocenters. The van der Waals surface area contributed by atoms with E-state index < -0.39 is 0 Å². The highest BCUT2D eigenvalue weighted by Gasteiger charge is 2.19. The van der Waals surface area contributed by atoms with Crippen molar-refractivity contribution in [2.45, 2.75) is 25.1 Å². The molecule has 1 unspecified atom stereocenters. The summed E-state index contributed by atoms with van der Waals surface area (Å²) in [6, 6.07) is 0. The van der Waals surface area contributed by atoms with Gasteiger partial charge in [-0.3, -0.25) is 4.90 Å². The maximum absolute atomic E-state index is 5.66. The van der Waals surface area contributed by atoms with Gasteiger partial charge in [0.25, 0.3) is 0 Å². The van der Waals surface area contributed by atoms with Crippen LogP contribution < -0.4 is 5.73 Å². The van der Waals surface area contributed by atoms with Crippen LogP contribution in [-0.4, -0.2) is 24.4 Å². The van der Waals surface area contributed by atoms with Gasteiger partial charge in [-0.25, -0.2) is 0 Å². The first-order valence-electron chi connectivity index (χ1n) is 4.82. The Morgan fingerprint density at radius 2 is 2.29 bits per heavy atom. The van der Waals surface area contributed by atoms with E-state index in [9.17, 15) is 0 Å². The minimum atomic E-state index is 0.591. The summed E-state index contributed by atoms with van der Waals surface area (Å²) in [6.07, 6.45) is 4.41. The molecule has 1 aliphatic rings. The SMILES string of the molecule is CC[C@H](SC1=C/C(=C(\N)P)C1)N(C)C. The molecule has 0 radical (unpaired) electrons. The van der Waals surface area contributed by atoms with Crippen LogP contribution in [0.2, 0.25) is 0 Å². The summed E-state index contributed by atoms with van der Waals surface area (Å²) in [5.74, 6) is 0. The summed E-state index contributed by atoms with van der Waals surface area (Å²) in [5.41, 5.74) is 7.81. The standard InChI is InChI=1S/C10H19N2PS/c1-4-9(12(2)3)14-8-5-7(6-8)10(11)13/h5,9H,4,6,11,13H2,1-3H3/b10-7-/t9-/m0/s1. The molecule has 14 heavy (non-hydrogen) atoms. The minimum Gasteiger partial charge on any atom is -0.399 e. The van der Waals surface area contributed by atoms with Gasteiger partial charge in [-0.1, -0.05) is 16.2 Å². The third-order valence-electron chi connectivity index (χ3n) is 2.28. The lowest BCUT2D eigenvalue weighted by molar-refractivity contribution is 0.376. The molecule has 2 nitrogen and oxygen atoms in total. The van der Waals surface area contributed by atoms with Crippen LogP contribution in [0, 0.1) is 0 Å². The fourth-order valence-electron chi connectivity index (χ4n) is 1.34. The molecule has 0 aromatic carbocycles. The van der Waals surface area contributed by atoms with E-state index in [0.29, 0.717) is 5.37 Å². The lowest BCUT2D eigenvalue weighted by atomic mass is 10.0. The van der Waals surface area contributed by atoms with Crippen LogP contribution in [0.1, 0.15) is 19.8 Å². The molecular formula is C10H19N2PS. The average molecular weight is 230 g/mol. The first-order chi connectivity index (χ1) is 6.54. The van der Waals surface area contributed by atoms with E-state index in [-0.39, 0.29) is 0 Å². The summed E-state index contributed by atoms with van der Waals surface area (Å²) < 4.78 is 0. The lowest BCUT2D eigenvalue weighted by Crippen LogP contribution is -2.24. The summed E-state index contributed by atoms with van der Waals surface area (Å²) >= 11 is 1.95. The van der Waals surface area contributed by atoms with Crippen molar-refractivity contribution in [1.82, 2.24) is 4.90 Å². The van der Waals surface area contributed by atoms with Gasteiger partial charge < -0.3 is 5.73 Å². The second-order valence-electron chi connectivity index (χ2n) is 3.71. The zero-order valence-electron chi connectivity index (χ0n) is 9.08. The second kappa shape index (κ2) is 5.20. The lowest BCUT2D eigenvalue weighted by Gasteiger charge is -2.27. The van der Waals surface area contributed by atoms with Crippen LogP contribution in [0.3, 0.4) is 0 Å². The Bertz CT molecular complexity index is 267. The number of thioether (sulfide) groups is 1. The molecule has 0 saturated carbocycles. The van der Waals surface area contributed by atoms with Gasteiger partial charge in [0, 0.05) is 11.9 Å². The zero-order chi connectivity index (χ0) is 10.7. The molecule has 0 aliphatic heterocycles. The molecule has 0 saturated heterocycles. The van der Waals surface area contributed by atoms with Crippen LogP contribution in [0.4, 0.5) is 0 Å². The Balaban J connectivity index is 2.49. The normalized spacial score (nSPS) is 21.6. The molecule has 4 heteroatoms. The monoisotopic (exact) mass is 230 g/mol. The summed E-state index contributed by atoms with van der Waals surface area (Å²) in [5, 5.41) is 0.591. The van der Waals surface area contributed by atoms with Gasteiger partial charge in [0.05, 0.1) is 5.37 Å². The van der Waals surface area contributed by atoms with Gasteiger partial charge in [-0.05, 0) is 37.1 Å². The fourth-order valence-corrected chi connectivity index (χ4v) is 2.70. The van der Waals surface area contributed by atoms with Gasteiger partial charge in [-0.15, -0.1) is 11.8 Å². The highest BCUT2D eigenvalue weighted by atomic mass is 32.2. The quantitative estimate of drug-likeness (QED) is 0.594. The van der Waals surface area contributed by atoms with E-state index in [1.807, 2.05) is 11.8 Å². The predicted molar refractivity (Wildman–Crippen MR) is 69.0 cm³/mol. The van der Waals surface area contributed by atoms with Crippen molar-refractivity contribution in [3.05, 3.63) is 22.0 Å². The number of nitrogens with zero attached hydrogens (tertiary/aromatic N) is 1. The van der Waals surface area contributed by atoms with Gasteiger partial charge in [-0.2, -0.15) is 0 Å². The molecule has 0 aromatic heterocycles. The van der Waals surface area contributed by atoms with E-state index in [4.69, 9.17) is 5.73 Å². The Hall–Kier alpha value is 0.0200. The largest absolute Gasteiger partial charge is 0.399 e. The first kappa shape index (κ1) is 12.1. The highest BCUT2D eigenvalue weighted by molar-refractivity contribution is 8.03. The molecule has 0 spiro atoms. The van der Waals surface area contributed by atoms with E-state index >= 15 is 0 Å². The smallest absolute Gasteiger partial charge is 0.0593 e. The third kappa shape index (κ3) is 3.01. The van der Waals surface area contributed by atoms with Gasteiger partial charge in [0.1, 0.15) is 0 Å². The van der Waals surface area contributed by atoms with Crippen molar-refractivity contribution in [3.63, 3.8) is 0 Å². The van der Waals surface area contributed by atoms with E-state index in [1.165, 1.54) is 16.9 Å². The van der Waals surface area contributed by atoms with Crippen molar-refractivity contribution in [3.8, 4) is 0 Å². The minimum absolute atomic E-state index is 0.591. The van der Waals surface area contributed by atoms with E-state index in [0.717, 1.165) is 11.9 Å². The highest BCUT2D eigenvalue weighted by Crippen LogP contribution is 2.39. The van der Waals surface area contributed by atoms with Crippen LogP contribution in [0.5, 0.6) is 0 Å². The molecule has 0 amide bonds. The van der Waals surface area contributed by atoms with Crippen molar-refractivity contribution >= 4 is 21.0 Å². The van der Waals surface area contributed by atoms with E-state index in [2.05, 4.69) is 41.2 Å². The van der Waals surface area contributed by atoms with Crippen molar-refractivity contribution in [2.75, 3.05) is 14.1 Å². The number of nitrogens with two attached hydrogens (primary N) is 1. The predicted octanol–water partition coefficient (Wildman–Crippen LogP) is 2.35. The summed E-state index contributed by atoms with van der Waals surface area (Å²) in [4.78, 5) is 3.71. The Morgan fingerprint density at radius 1 is 1.71 bits per heavy atom. The number of allylic oxidation sites excluding steroid dienone is 3. The maximum Gasteiger partial charge on any atom is 0.0593 e. The van der Waals surface area contributed by atoms with Gasteiger partial charge >= 0.3 is 0 Å². The first-order valence-corrected chi connectivity index (χ1v) is 6.28. The van der Waals surface area contributed by atoms with Crippen molar-refractivity contribution in [2.24, 2.45) is 5.73 Å². The third-order valence-corrected chi connectivity index (χ3v) is 4.25. The number of hydrogen-bond acceptors (Lipinski definition) is 3. The topological polar surface area (TPSA) is 29.3 Å². The number of rotatable bonds is 4. The van der Waals surface area contributed by atoms with Crippen LogP contribution in [-0.2, 0) is 0 Å². The van der Waals surface area contributed by atoms with Gasteiger partial charge in [0.2, 0.25) is 0 Å². The van der Waals surface area contributed by atoms with Crippen LogP contribution >= 0.6 is 21.0 Å². The second-order valence-corrected chi connectivity index (χ2v) is 5.64. The molecule has 0 heterocycles. The molecule has 1 rings (SSSR count). The van der Waals surface area contributed by atoms with Gasteiger partial charge in [0.15, 0.2) is 0 Å². The Labute approximate surface area is 93.2 Å². The zero-order valence-corrected chi connectivity index (χ0v) is 11.1. The molecule has 2 N–H and O–H groups in total. The van der Waals surface area contributed by atoms with Crippen molar-refractivity contribution < 1.29 is 0 Å². The molecular weight excluding hydrogens is 211 g/mol. The Kier molecular flexibility index (Phi) is 4.49. The molecule has 80 valence electrons. The molecule has 0 aromatic rings. The van der Waals surface area contributed by atoms with Crippen LogP contribution in [0.15, 0.2) is 22.0 Å². The average Bonchev–Trinajstić information content (AvgIpc) is 2.00. The molecule has 0 bridgehead atoms. The maximum atomic E-state index is 5.66. The molecule has 1 aliphatic carbocycles. The number of hydrogen-bond donors (Lipinski definition) is 1. The van der Waals surface area contributed by atoms with Crippen molar-refractivity contribution in [1.29, 1.82) is 0 Å². The van der Waals surface area contributed by atoms with E-state index in [1.54, 1.807) is 0 Å². The molecule has 0 fully saturated rings. The Morgan fingerprint density at radius 3 is 2.64 bits per heavy atom. The fraction of sp³-hybridized carbons (Fsp3) is 0.600. The summed E-state index contributed by atoms with van der Waals surface area (Å²) in [6.45, 7) is 2.22. The van der Waals surface area contributed by atoms with Crippen LogP contribution in [0.25, 0.3) is 0 Å². The summed E-state index contributed by atoms with van der Waals surface area (Å²) in [7, 11) is 6.81.